The summed E-state index contributed by atoms with van der Waals surface area (Å²) in [6.45, 7) is 7.20. The summed E-state index contributed by atoms with van der Waals surface area (Å²) < 4.78 is 26.0. The minimum Gasteiger partial charge on any atom is -0.486 e. The van der Waals surface area contributed by atoms with E-state index in [2.05, 4.69) is 45.0 Å². The molecule has 1 aliphatic heterocycles. The van der Waals surface area contributed by atoms with E-state index in [1.165, 1.54) is 6.26 Å². The van der Waals surface area contributed by atoms with Crippen LogP contribution in [0, 0.1) is 10.1 Å². The minimum absolute atomic E-state index is 0.152. The molecule has 5 rings (SSSR count). The molecule has 0 unspecified atom stereocenters. The average Bonchev–Trinajstić information content (AvgIpc) is 3.04. The summed E-state index contributed by atoms with van der Waals surface area (Å²) >= 11 is 0. The third-order valence-electron chi connectivity index (χ3n) is 7.97. The SMILES string of the molecule is CC(C)(C)[Si](OC[C@H]1OC=C([N+](=O)[O-])[C@@H](OCc2ccccc2)[C@H]1OCc1ccccc1)(c1ccccc1)c1ccccc1. The van der Waals surface area contributed by atoms with E-state index in [0.717, 1.165) is 21.5 Å². The van der Waals surface area contributed by atoms with Crippen molar-refractivity contribution in [1.82, 2.24) is 0 Å². The van der Waals surface area contributed by atoms with Crippen LogP contribution in [0.4, 0.5) is 0 Å². The highest BCUT2D eigenvalue weighted by molar-refractivity contribution is 6.99. The summed E-state index contributed by atoms with van der Waals surface area (Å²) in [6.07, 6.45) is -1.24. The molecule has 0 aliphatic carbocycles. The summed E-state index contributed by atoms with van der Waals surface area (Å²) in [7, 11) is -2.91. The number of nitrogens with zero attached hydrogens (tertiary/aromatic N) is 1. The third-order valence-corrected chi connectivity index (χ3v) is 13.0. The largest absolute Gasteiger partial charge is 0.486 e. The van der Waals surface area contributed by atoms with E-state index in [9.17, 15) is 10.1 Å². The standard InChI is InChI=1S/C36H39NO6Si/c1-36(2,3)44(30-20-12-6-13-21-30,31-22-14-7-15-23-31)43-27-33-35(42-25-29-18-10-5-11-19-29)34(32(26-40-33)37(38)39)41-24-28-16-8-4-9-17-28/h4-23,26,33-35H,24-25,27H2,1-3H3/t33-,34-,35+/m1/s1. The molecule has 0 fully saturated rings. The van der Waals surface area contributed by atoms with Gasteiger partial charge in [0, 0.05) is 0 Å². The maximum Gasteiger partial charge on any atom is 0.311 e. The fraction of sp³-hybridized carbons (Fsp3) is 0.278. The Hall–Kier alpha value is -4.08. The summed E-state index contributed by atoms with van der Waals surface area (Å²) in [4.78, 5) is 11.8. The van der Waals surface area contributed by atoms with Crippen LogP contribution in [-0.4, -0.2) is 38.2 Å². The molecule has 0 bridgehead atoms. The number of benzene rings is 4. The molecule has 8 heteroatoms. The smallest absolute Gasteiger partial charge is 0.311 e. The summed E-state index contributed by atoms with van der Waals surface area (Å²) in [5.74, 6) is 0. The predicted molar refractivity (Wildman–Crippen MR) is 174 cm³/mol. The van der Waals surface area contributed by atoms with Crippen molar-refractivity contribution in [2.24, 2.45) is 0 Å². The topological polar surface area (TPSA) is 80.1 Å². The van der Waals surface area contributed by atoms with Gasteiger partial charge in [-0.2, -0.15) is 0 Å². The predicted octanol–water partition coefficient (Wildman–Crippen LogP) is 6.25. The van der Waals surface area contributed by atoms with Crippen LogP contribution in [0.3, 0.4) is 0 Å². The van der Waals surface area contributed by atoms with Crippen LogP contribution in [0.15, 0.2) is 133 Å². The van der Waals surface area contributed by atoms with E-state index in [4.69, 9.17) is 18.6 Å². The van der Waals surface area contributed by atoms with Gasteiger partial charge in [-0.05, 0) is 26.5 Å². The molecule has 44 heavy (non-hydrogen) atoms. The molecule has 228 valence electrons. The minimum atomic E-state index is -2.91. The zero-order chi connectivity index (χ0) is 31.0. The highest BCUT2D eigenvalue weighted by atomic mass is 28.4. The van der Waals surface area contributed by atoms with Gasteiger partial charge < -0.3 is 18.6 Å². The van der Waals surface area contributed by atoms with Gasteiger partial charge in [0.2, 0.25) is 0 Å². The quantitative estimate of drug-likeness (QED) is 0.107. The van der Waals surface area contributed by atoms with Gasteiger partial charge in [-0.3, -0.25) is 10.1 Å². The van der Waals surface area contributed by atoms with Crippen molar-refractivity contribution in [3.8, 4) is 0 Å². The van der Waals surface area contributed by atoms with E-state index in [-0.39, 0.29) is 30.6 Å². The lowest BCUT2D eigenvalue weighted by molar-refractivity contribution is -0.447. The van der Waals surface area contributed by atoms with Crippen LogP contribution < -0.4 is 10.4 Å². The van der Waals surface area contributed by atoms with Crippen LogP contribution in [0.25, 0.3) is 0 Å². The van der Waals surface area contributed by atoms with E-state index in [0.29, 0.717) is 0 Å². The Bertz CT molecular complexity index is 1470. The molecular weight excluding hydrogens is 570 g/mol. The first-order chi connectivity index (χ1) is 21.3. The Morgan fingerprint density at radius 2 is 1.18 bits per heavy atom. The maximum absolute atomic E-state index is 12.2. The van der Waals surface area contributed by atoms with Gasteiger partial charge in [-0.15, -0.1) is 0 Å². The molecule has 0 N–H and O–H groups in total. The van der Waals surface area contributed by atoms with Gasteiger partial charge in [-0.1, -0.05) is 142 Å². The second-order valence-corrected chi connectivity index (χ2v) is 16.2. The van der Waals surface area contributed by atoms with Crippen LogP contribution >= 0.6 is 0 Å². The van der Waals surface area contributed by atoms with Crippen LogP contribution in [0.2, 0.25) is 5.04 Å². The number of nitro groups is 1. The van der Waals surface area contributed by atoms with E-state index < -0.39 is 31.6 Å². The molecule has 3 atom stereocenters. The highest BCUT2D eigenvalue weighted by Gasteiger charge is 2.52. The highest BCUT2D eigenvalue weighted by Crippen LogP contribution is 2.38. The van der Waals surface area contributed by atoms with Gasteiger partial charge in [-0.25, -0.2) is 0 Å². The number of hydrogen-bond acceptors (Lipinski definition) is 6. The number of hydrogen-bond donors (Lipinski definition) is 0. The van der Waals surface area contributed by atoms with Crippen molar-refractivity contribution in [3.05, 3.63) is 155 Å². The van der Waals surface area contributed by atoms with Crippen LogP contribution in [0.1, 0.15) is 31.9 Å². The lowest BCUT2D eigenvalue weighted by atomic mass is 10.0. The third kappa shape index (κ3) is 7.00. The molecule has 0 spiro atoms. The Balaban J connectivity index is 1.50. The first kappa shape index (κ1) is 31.3. The van der Waals surface area contributed by atoms with Crippen molar-refractivity contribution in [2.75, 3.05) is 6.61 Å². The van der Waals surface area contributed by atoms with Crippen molar-refractivity contribution >= 4 is 18.7 Å². The Morgan fingerprint density at radius 1 is 0.727 bits per heavy atom. The number of rotatable bonds is 12. The molecule has 0 aromatic heterocycles. The molecular formula is C36H39NO6Si. The van der Waals surface area contributed by atoms with Crippen molar-refractivity contribution in [3.63, 3.8) is 0 Å². The molecule has 4 aromatic rings. The van der Waals surface area contributed by atoms with Gasteiger partial charge >= 0.3 is 5.70 Å². The monoisotopic (exact) mass is 609 g/mol. The molecule has 0 amide bonds. The van der Waals surface area contributed by atoms with E-state index >= 15 is 0 Å². The van der Waals surface area contributed by atoms with Crippen LogP contribution in [0.5, 0.6) is 0 Å². The van der Waals surface area contributed by atoms with E-state index in [1.807, 2.05) is 97.1 Å². The first-order valence-electron chi connectivity index (χ1n) is 14.9. The van der Waals surface area contributed by atoms with Gasteiger partial charge in [0.05, 0.1) is 24.7 Å². The zero-order valence-corrected chi connectivity index (χ0v) is 26.4. The Morgan fingerprint density at radius 3 is 1.64 bits per heavy atom. The second kappa shape index (κ2) is 14.1. The molecule has 4 aromatic carbocycles. The molecule has 1 aliphatic rings. The lowest BCUT2D eigenvalue weighted by Gasteiger charge is -2.44. The lowest BCUT2D eigenvalue weighted by Crippen LogP contribution is -2.67. The normalized spacial score (nSPS) is 18.7. The van der Waals surface area contributed by atoms with Crippen LogP contribution in [-0.2, 0) is 31.9 Å². The fourth-order valence-corrected chi connectivity index (χ4v) is 10.4. The summed E-state index contributed by atoms with van der Waals surface area (Å²) in [5, 5.41) is 14.2. The Labute approximate surface area is 260 Å². The number of ether oxygens (including phenoxy) is 3. The zero-order valence-electron chi connectivity index (χ0n) is 25.4. The van der Waals surface area contributed by atoms with Crippen molar-refractivity contribution in [1.29, 1.82) is 0 Å². The fourth-order valence-electron chi connectivity index (χ4n) is 5.82. The van der Waals surface area contributed by atoms with Crippen molar-refractivity contribution < 1.29 is 23.6 Å². The first-order valence-corrected chi connectivity index (χ1v) is 16.8. The maximum atomic E-state index is 12.2. The van der Waals surface area contributed by atoms with Gasteiger partial charge in [0.25, 0.3) is 8.32 Å². The second-order valence-electron chi connectivity index (χ2n) is 11.9. The molecule has 1 heterocycles. The Kier molecular flexibility index (Phi) is 10.1. The summed E-state index contributed by atoms with van der Waals surface area (Å²) in [5.41, 5.74) is 1.67. The molecule has 0 radical (unpaired) electrons. The molecule has 0 saturated carbocycles. The summed E-state index contributed by atoms with van der Waals surface area (Å²) in [6, 6.07) is 40.0. The van der Waals surface area contributed by atoms with Gasteiger partial charge in [0.1, 0.15) is 12.2 Å². The molecule has 0 saturated heterocycles. The van der Waals surface area contributed by atoms with E-state index in [1.54, 1.807) is 0 Å². The van der Waals surface area contributed by atoms with Gasteiger partial charge in [0.15, 0.2) is 12.4 Å². The molecule has 7 nitrogen and oxygen atoms in total. The van der Waals surface area contributed by atoms with Crippen molar-refractivity contribution in [2.45, 2.75) is 57.3 Å². The average molecular weight is 610 g/mol.